The van der Waals surface area contributed by atoms with E-state index in [4.69, 9.17) is 5.11 Å². The Kier molecular flexibility index (Phi) is 3.72. The molecule has 0 saturated carbocycles. The van der Waals surface area contributed by atoms with Gasteiger partial charge in [-0.15, -0.1) is 0 Å². The molecule has 0 saturated heterocycles. The highest BCUT2D eigenvalue weighted by molar-refractivity contribution is 5.99. The number of pyridine rings is 2. The Bertz CT molecular complexity index is 1050. The van der Waals surface area contributed by atoms with Crippen LogP contribution in [0.2, 0.25) is 0 Å². The first-order chi connectivity index (χ1) is 11.5. The Labute approximate surface area is 135 Å². The second kappa shape index (κ2) is 5.85. The zero-order valence-electron chi connectivity index (χ0n) is 12.3. The van der Waals surface area contributed by atoms with E-state index in [1.165, 1.54) is 16.8 Å². The number of hydrogen-bond acceptors (Lipinski definition) is 5. The molecule has 2 N–H and O–H groups in total. The highest BCUT2D eigenvalue weighted by Crippen LogP contribution is 2.27. The molecule has 2 heterocycles. The topological polar surface area (TPSA) is 116 Å². The maximum absolute atomic E-state index is 12.7. The van der Waals surface area contributed by atoms with Gasteiger partial charge >= 0.3 is 5.97 Å². The lowest BCUT2D eigenvalue weighted by atomic mass is 10.1. The predicted octanol–water partition coefficient (Wildman–Crippen LogP) is 1.72. The van der Waals surface area contributed by atoms with Crippen molar-refractivity contribution in [2.24, 2.45) is 0 Å². The predicted molar refractivity (Wildman–Crippen MR) is 84.9 cm³/mol. The largest absolute Gasteiger partial charge is 0.505 e. The Morgan fingerprint density at radius 3 is 2.58 bits per heavy atom. The Hall–Kier alpha value is -3.66. The number of carboxylic acids is 1. The van der Waals surface area contributed by atoms with Crippen LogP contribution in [0.25, 0.3) is 10.8 Å². The average Bonchev–Trinajstić information content (AvgIpc) is 2.58. The van der Waals surface area contributed by atoms with Gasteiger partial charge in [-0.3, -0.25) is 4.79 Å². The van der Waals surface area contributed by atoms with Gasteiger partial charge in [0.05, 0.1) is 11.9 Å². The number of carbonyl (C=O) groups is 1. The van der Waals surface area contributed by atoms with Gasteiger partial charge in [-0.1, -0.05) is 30.3 Å². The first-order valence-electron chi connectivity index (χ1n) is 6.96. The van der Waals surface area contributed by atoms with E-state index in [2.05, 4.69) is 4.98 Å². The van der Waals surface area contributed by atoms with Crippen LogP contribution < -0.4 is 5.56 Å². The number of aromatic carboxylic acids is 1. The molecule has 7 heteroatoms. The van der Waals surface area contributed by atoms with Crippen LogP contribution in [0.3, 0.4) is 0 Å². The molecule has 0 fully saturated rings. The van der Waals surface area contributed by atoms with E-state index in [1.54, 1.807) is 6.07 Å². The quantitative estimate of drug-likeness (QED) is 0.758. The van der Waals surface area contributed by atoms with Crippen molar-refractivity contribution in [3.8, 4) is 11.8 Å². The molecule has 7 nitrogen and oxygen atoms in total. The van der Waals surface area contributed by atoms with Crippen LogP contribution >= 0.6 is 0 Å². The molecule has 0 unspecified atom stereocenters. The summed E-state index contributed by atoms with van der Waals surface area (Å²) in [4.78, 5) is 27.4. The summed E-state index contributed by atoms with van der Waals surface area (Å²) in [6, 6.07) is 12.4. The number of nitriles is 1. The van der Waals surface area contributed by atoms with E-state index in [0.29, 0.717) is 0 Å². The van der Waals surface area contributed by atoms with Crippen molar-refractivity contribution in [3.05, 3.63) is 69.9 Å². The molecule has 2 aromatic heterocycles. The van der Waals surface area contributed by atoms with Crippen LogP contribution in [0, 0.1) is 11.3 Å². The van der Waals surface area contributed by atoms with E-state index in [-0.39, 0.29) is 23.0 Å². The van der Waals surface area contributed by atoms with Gasteiger partial charge in [-0.25, -0.2) is 9.78 Å². The number of benzene rings is 1. The molecule has 3 rings (SSSR count). The van der Waals surface area contributed by atoms with Crippen molar-refractivity contribution in [2.45, 2.75) is 6.54 Å². The maximum atomic E-state index is 12.7. The third kappa shape index (κ3) is 2.46. The molecular weight excluding hydrogens is 310 g/mol. The molecule has 0 atom stereocenters. The third-order valence-corrected chi connectivity index (χ3v) is 3.61. The molecule has 0 amide bonds. The fourth-order valence-electron chi connectivity index (χ4n) is 2.48. The molecule has 3 aromatic rings. The minimum absolute atomic E-state index is 0.00624. The van der Waals surface area contributed by atoms with Crippen LogP contribution in [0.4, 0.5) is 0 Å². The smallest absolute Gasteiger partial charge is 0.358 e. The molecular formula is C17H11N3O4. The van der Waals surface area contributed by atoms with E-state index >= 15 is 0 Å². The fraction of sp³-hybridized carbons (Fsp3) is 0.0588. The van der Waals surface area contributed by atoms with Gasteiger partial charge in [-0.05, 0) is 11.6 Å². The summed E-state index contributed by atoms with van der Waals surface area (Å²) >= 11 is 0. The normalized spacial score (nSPS) is 10.5. The molecule has 0 aliphatic rings. The second-order valence-corrected chi connectivity index (χ2v) is 5.10. The first kappa shape index (κ1) is 15.2. The van der Waals surface area contributed by atoms with Gasteiger partial charge in [0.2, 0.25) is 0 Å². The number of aromatic hydroxyl groups is 1. The highest BCUT2D eigenvalue weighted by atomic mass is 16.4. The second-order valence-electron chi connectivity index (χ2n) is 5.10. The summed E-state index contributed by atoms with van der Waals surface area (Å²) in [5, 5.41) is 28.2. The standard InChI is InChI=1S/C17H11N3O4/c18-8-12-13-11(15(21)14(19-12)17(23)24)6-7-20(16(13)22)9-10-4-2-1-3-5-10/h1-7,21H,9H2,(H,23,24). The number of nitrogens with zero attached hydrogens (tertiary/aromatic N) is 3. The van der Waals surface area contributed by atoms with E-state index in [9.17, 15) is 20.0 Å². The average molecular weight is 321 g/mol. The van der Waals surface area contributed by atoms with Crippen molar-refractivity contribution in [1.29, 1.82) is 5.26 Å². The number of hydrogen-bond donors (Lipinski definition) is 2. The number of rotatable bonds is 3. The van der Waals surface area contributed by atoms with E-state index < -0.39 is 23.0 Å². The van der Waals surface area contributed by atoms with Gasteiger partial charge < -0.3 is 14.8 Å². The molecule has 1 aromatic carbocycles. The van der Waals surface area contributed by atoms with Crippen LogP contribution in [-0.4, -0.2) is 25.7 Å². The minimum Gasteiger partial charge on any atom is -0.505 e. The minimum atomic E-state index is -1.47. The van der Waals surface area contributed by atoms with Gasteiger partial charge in [-0.2, -0.15) is 5.26 Å². The molecule has 0 aliphatic carbocycles. The lowest BCUT2D eigenvalue weighted by Crippen LogP contribution is -2.21. The Balaban J connectivity index is 2.26. The highest BCUT2D eigenvalue weighted by Gasteiger charge is 2.21. The number of fused-ring (bicyclic) bond motifs is 1. The van der Waals surface area contributed by atoms with E-state index in [1.807, 2.05) is 30.3 Å². The monoisotopic (exact) mass is 321 g/mol. The lowest BCUT2D eigenvalue weighted by molar-refractivity contribution is 0.0687. The maximum Gasteiger partial charge on any atom is 0.358 e. The van der Waals surface area contributed by atoms with E-state index in [0.717, 1.165) is 5.56 Å². The fourth-order valence-corrected chi connectivity index (χ4v) is 2.48. The van der Waals surface area contributed by atoms with Crippen LogP contribution in [0.1, 0.15) is 21.7 Å². The molecule has 0 aliphatic heterocycles. The molecule has 0 radical (unpaired) electrons. The van der Waals surface area contributed by atoms with Crippen molar-refractivity contribution in [2.75, 3.05) is 0 Å². The van der Waals surface area contributed by atoms with Crippen LogP contribution in [0.15, 0.2) is 47.4 Å². The first-order valence-corrected chi connectivity index (χ1v) is 6.96. The molecule has 0 spiro atoms. The Morgan fingerprint density at radius 1 is 1.25 bits per heavy atom. The Morgan fingerprint density at radius 2 is 1.96 bits per heavy atom. The third-order valence-electron chi connectivity index (χ3n) is 3.61. The summed E-state index contributed by atoms with van der Waals surface area (Å²) in [5.41, 5.74) is -0.615. The van der Waals surface area contributed by atoms with Crippen molar-refractivity contribution in [3.63, 3.8) is 0 Å². The van der Waals surface area contributed by atoms with Gasteiger partial charge in [0.1, 0.15) is 6.07 Å². The summed E-state index contributed by atoms with van der Waals surface area (Å²) in [5.74, 6) is -2.10. The zero-order chi connectivity index (χ0) is 17.3. The summed E-state index contributed by atoms with van der Waals surface area (Å²) in [7, 11) is 0. The van der Waals surface area contributed by atoms with Crippen molar-refractivity contribution >= 4 is 16.7 Å². The van der Waals surface area contributed by atoms with Gasteiger partial charge in [0, 0.05) is 11.6 Å². The van der Waals surface area contributed by atoms with Gasteiger partial charge in [0.15, 0.2) is 17.1 Å². The molecule has 24 heavy (non-hydrogen) atoms. The molecule has 0 bridgehead atoms. The number of carboxylic acid groups (broad SMARTS) is 1. The zero-order valence-corrected chi connectivity index (χ0v) is 12.3. The number of aromatic nitrogens is 2. The van der Waals surface area contributed by atoms with Crippen LogP contribution in [-0.2, 0) is 6.54 Å². The summed E-state index contributed by atoms with van der Waals surface area (Å²) in [6.45, 7) is 0.280. The summed E-state index contributed by atoms with van der Waals surface area (Å²) < 4.78 is 1.38. The van der Waals surface area contributed by atoms with Crippen molar-refractivity contribution < 1.29 is 15.0 Å². The van der Waals surface area contributed by atoms with Gasteiger partial charge in [0.25, 0.3) is 5.56 Å². The lowest BCUT2D eigenvalue weighted by Gasteiger charge is -2.10. The SMILES string of the molecule is N#Cc1nc(C(=O)O)c(O)c2ccn(Cc3ccccc3)c(=O)c12. The summed E-state index contributed by atoms with van der Waals surface area (Å²) in [6.07, 6.45) is 1.45. The van der Waals surface area contributed by atoms with Crippen LogP contribution in [0.5, 0.6) is 5.75 Å². The van der Waals surface area contributed by atoms with Crippen molar-refractivity contribution in [1.82, 2.24) is 9.55 Å². The molecule has 118 valence electrons.